The Bertz CT molecular complexity index is 310. The van der Waals surface area contributed by atoms with Crippen LogP contribution < -0.4 is 5.73 Å². The van der Waals surface area contributed by atoms with Crippen LogP contribution in [0.4, 0.5) is 0 Å². The van der Waals surface area contributed by atoms with Crippen LogP contribution in [0.3, 0.4) is 0 Å². The van der Waals surface area contributed by atoms with Gasteiger partial charge in [0.2, 0.25) is 0 Å². The van der Waals surface area contributed by atoms with Gasteiger partial charge in [0.15, 0.2) is 0 Å². The Labute approximate surface area is 98.5 Å². The summed E-state index contributed by atoms with van der Waals surface area (Å²) in [5.74, 6) is 1.31. The molecule has 1 nitrogen and oxygen atoms in total. The first-order valence-corrected chi connectivity index (χ1v) is 5.46. The number of hydrogen-bond acceptors (Lipinski definition) is 1. The van der Waals surface area contributed by atoms with Crippen molar-refractivity contribution in [2.45, 2.75) is 38.1 Å². The van der Waals surface area contributed by atoms with Gasteiger partial charge in [-0.05, 0) is 24.3 Å². The topological polar surface area (TPSA) is 26.0 Å². The van der Waals surface area contributed by atoms with E-state index in [9.17, 15) is 0 Å². The fourth-order valence-electron chi connectivity index (χ4n) is 2.44. The summed E-state index contributed by atoms with van der Waals surface area (Å²) in [7, 11) is 0. The maximum atomic E-state index is 6.32. The summed E-state index contributed by atoms with van der Waals surface area (Å²) in [5, 5.41) is 0. The van der Waals surface area contributed by atoms with E-state index in [1.54, 1.807) is 0 Å². The normalized spacial score (nSPS) is 28.7. The molecule has 2 N–H and O–H groups in total. The Hall–Kier alpha value is -0.530. The summed E-state index contributed by atoms with van der Waals surface area (Å²) in [5.41, 5.74) is 7.83. The van der Waals surface area contributed by atoms with E-state index in [1.165, 1.54) is 5.56 Å². The third-order valence-corrected chi connectivity index (χ3v) is 3.11. The number of halogens is 1. The summed E-state index contributed by atoms with van der Waals surface area (Å²) >= 11 is 0. The lowest BCUT2D eigenvalue weighted by Gasteiger charge is -2.14. The van der Waals surface area contributed by atoms with Gasteiger partial charge in [-0.15, -0.1) is 12.4 Å². The van der Waals surface area contributed by atoms with E-state index < -0.39 is 0 Å². The van der Waals surface area contributed by atoms with Crippen LogP contribution >= 0.6 is 12.4 Å². The molecule has 0 saturated heterocycles. The van der Waals surface area contributed by atoms with Gasteiger partial charge in [-0.1, -0.05) is 44.2 Å². The molecule has 1 saturated carbocycles. The Morgan fingerprint density at radius 1 is 1.33 bits per heavy atom. The SMILES string of the molecule is CC(C)C[C@@]1(N)C[C@H]1c1ccccc1.Cl. The largest absolute Gasteiger partial charge is 0.325 e. The van der Waals surface area contributed by atoms with Crippen LogP contribution in [0.25, 0.3) is 0 Å². The molecule has 0 heterocycles. The van der Waals surface area contributed by atoms with Gasteiger partial charge in [0.25, 0.3) is 0 Å². The van der Waals surface area contributed by atoms with Crippen molar-refractivity contribution in [3.63, 3.8) is 0 Å². The van der Waals surface area contributed by atoms with E-state index in [4.69, 9.17) is 5.73 Å². The van der Waals surface area contributed by atoms with Crippen LogP contribution in [0.15, 0.2) is 30.3 Å². The van der Waals surface area contributed by atoms with E-state index in [-0.39, 0.29) is 17.9 Å². The van der Waals surface area contributed by atoms with E-state index in [1.807, 2.05) is 0 Å². The molecule has 84 valence electrons. The summed E-state index contributed by atoms with van der Waals surface area (Å²) in [6, 6.07) is 10.7. The molecular formula is C13H20ClN. The third-order valence-electron chi connectivity index (χ3n) is 3.11. The molecule has 0 amide bonds. The quantitative estimate of drug-likeness (QED) is 0.839. The molecule has 15 heavy (non-hydrogen) atoms. The van der Waals surface area contributed by atoms with Crippen LogP contribution in [-0.2, 0) is 0 Å². The zero-order valence-electron chi connectivity index (χ0n) is 9.44. The van der Waals surface area contributed by atoms with Crippen molar-refractivity contribution < 1.29 is 0 Å². The number of hydrogen-bond donors (Lipinski definition) is 1. The van der Waals surface area contributed by atoms with Crippen molar-refractivity contribution in [1.29, 1.82) is 0 Å². The number of benzene rings is 1. The second-order valence-corrected chi connectivity index (χ2v) is 5.00. The summed E-state index contributed by atoms with van der Waals surface area (Å²) in [6.07, 6.45) is 2.31. The van der Waals surface area contributed by atoms with Crippen molar-refractivity contribution in [3.05, 3.63) is 35.9 Å². The highest BCUT2D eigenvalue weighted by Gasteiger charge is 2.51. The average molecular weight is 226 g/mol. The maximum Gasteiger partial charge on any atom is 0.0233 e. The molecule has 0 spiro atoms. The lowest BCUT2D eigenvalue weighted by molar-refractivity contribution is 0.474. The van der Waals surface area contributed by atoms with Crippen molar-refractivity contribution in [3.8, 4) is 0 Å². The Morgan fingerprint density at radius 2 is 1.93 bits per heavy atom. The van der Waals surface area contributed by atoms with Gasteiger partial charge in [-0.2, -0.15) is 0 Å². The van der Waals surface area contributed by atoms with Crippen molar-refractivity contribution in [2.24, 2.45) is 11.7 Å². The first kappa shape index (κ1) is 12.5. The second kappa shape index (κ2) is 4.54. The summed E-state index contributed by atoms with van der Waals surface area (Å²) < 4.78 is 0. The van der Waals surface area contributed by atoms with E-state index in [0.717, 1.165) is 12.8 Å². The first-order valence-electron chi connectivity index (χ1n) is 5.46. The van der Waals surface area contributed by atoms with Crippen LogP contribution in [0.5, 0.6) is 0 Å². The molecule has 0 unspecified atom stereocenters. The monoisotopic (exact) mass is 225 g/mol. The average Bonchev–Trinajstić information content (AvgIpc) is 2.77. The smallest absolute Gasteiger partial charge is 0.0233 e. The molecule has 1 aliphatic rings. The summed E-state index contributed by atoms with van der Waals surface area (Å²) in [6.45, 7) is 4.49. The summed E-state index contributed by atoms with van der Waals surface area (Å²) in [4.78, 5) is 0. The molecule has 2 atom stereocenters. The van der Waals surface area contributed by atoms with Gasteiger partial charge in [0.1, 0.15) is 0 Å². The molecule has 1 aliphatic carbocycles. The molecule has 0 aromatic heterocycles. The number of rotatable bonds is 3. The maximum absolute atomic E-state index is 6.32. The molecule has 0 aliphatic heterocycles. The van der Waals surface area contributed by atoms with Gasteiger partial charge in [-0.25, -0.2) is 0 Å². The number of nitrogens with two attached hydrogens (primary N) is 1. The third kappa shape index (κ3) is 2.73. The molecule has 0 radical (unpaired) electrons. The lowest BCUT2D eigenvalue weighted by Crippen LogP contribution is -2.26. The minimum Gasteiger partial charge on any atom is -0.325 e. The fourth-order valence-corrected chi connectivity index (χ4v) is 2.44. The molecule has 1 fully saturated rings. The first-order chi connectivity index (χ1) is 6.62. The highest BCUT2D eigenvalue weighted by Crippen LogP contribution is 2.52. The fraction of sp³-hybridized carbons (Fsp3) is 0.538. The van der Waals surface area contributed by atoms with Gasteiger partial charge < -0.3 is 5.73 Å². The van der Waals surface area contributed by atoms with Crippen molar-refractivity contribution >= 4 is 12.4 Å². The minimum absolute atomic E-state index is 0. The van der Waals surface area contributed by atoms with Gasteiger partial charge >= 0.3 is 0 Å². The molecule has 2 heteroatoms. The van der Waals surface area contributed by atoms with Crippen LogP contribution in [0.1, 0.15) is 38.2 Å². The Morgan fingerprint density at radius 3 is 2.47 bits per heavy atom. The zero-order chi connectivity index (χ0) is 10.2. The van der Waals surface area contributed by atoms with E-state index >= 15 is 0 Å². The van der Waals surface area contributed by atoms with Gasteiger partial charge in [0.05, 0.1) is 0 Å². The Kier molecular flexibility index (Phi) is 3.80. The highest BCUT2D eigenvalue weighted by atomic mass is 35.5. The van der Waals surface area contributed by atoms with Gasteiger partial charge in [-0.3, -0.25) is 0 Å². The lowest BCUT2D eigenvalue weighted by atomic mass is 9.98. The minimum atomic E-state index is 0. The van der Waals surface area contributed by atoms with Gasteiger partial charge in [0, 0.05) is 11.5 Å². The van der Waals surface area contributed by atoms with Crippen LogP contribution in [-0.4, -0.2) is 5.54 Å². The highest BCUT2D eigenvalue weighted by molar-refractivity contribution is 5.85. The Balaban J connectivity index is 0.00000112. The van der Waals surface area contributed by atoms with Crippen LogP contribution in [0, 0.1) is 5.92 Å². The second-order valence-electron chi connectivity index (χ2n) is 5.00. The molecule has 1 aromatic carbocycles. The van der Waals surface area contributed by atoms with E-state index in [0.29, 0.717) is 11.8 Å². The zero-order valence-corrected chi connectivity index (χ0v) is 10.3. The van der Waals surface area contributed by atoms with Crippen molar-refractivity contribution in [1.82, 2.24) is 0 Å². The molecule has 0 bridgehead atoms. The predicted octanol–water partition coefficient (Wildman–Crippen LogP) is 3.34. The molecule has 1 aromatic rings. The van der Waals surface area contributed by atoms with Crippen LogP contribution in [0.2, 0.25) is 0 Å². The standard InChI is InChI=1S/C13H19N.ClH/c1-10(2)8-13(14)9-12(13)11-6-4-3-5-7-11;/h3-7,10,12H,8-9,14H2,1-2H3;1H/t12-,13+;/m0./s1. The predicted molar refractivity (Wildman–Crippen MR) is 67.4 cm³/mol. The molecule has 2 rings (SSSR count). The van der Waals surface area contributed by atoms with Crippen molar-refractivity contribution in [2.75, 3.05) is 0 Å². The van der Waals surface area contributed by atoms with E-state index in [2.05, 4.69) is 44.2 Å². The molecular weight excluding hydrogens is 206 g/mol.